The summed E-state index contributed by atoms with van der Waals surface area (Å²) < 4.78 is 0. The van der Waals surface area contributed by atoms with E-state index in [0.717, 1.165) is 27.6 Å². The van der Waals surface area contributed by atoms with Crippen LogP contribution in [-0.2, 0) is 26.5 Å². The molecule has 2 saturated heterocycles. The Morgan fingerprint density at radius 3 is 2.44 bits per heavy atom. The topological polar surface area (TPSA) is 69.7 Å². The summed E-state index contributed by atoms with van der Waals surface area (Å²) in [6, 6.07) is 28.3. The highest BCUT2D eigenvalue weighted by Crippen LogP contribution is 2.55. The Kier molecular flexibility index (Phi) is 5.41. The Morgan fingerprint density at radius 2 is 1.62 bits per heavy atom. The van der Waals surface area contributed by atoms with Crippen molar-refractivity contribution < 1.29 is 14.4 Å². The van der Waals surface area contributed by atoms with Gasteiger partial charge in [-0.05, 0) is 47.0 Å². The summed E-state index contributed by atoms with van der Waals surface area (Å²) in [5.41, 5.74) is 1.63. The van der Waals surface area contributed by atoms with Crippen LogP contribution in [0.4, 0.5) is 11.4 Å². The van der Waals surface area contributed by atoms with E-state index in [1.54, 1.807) is 29.2 Å². The number of imide groups is 1. The van der Waals surface area contributed by atoms with Crippen molar-refractivity contribution in [3.8, 4) is 0 Å². The van der Waals surface area contributed by atoms with Crippen molar-refractivity contribution in [1.29, 1.82) is 0 Å². The van der Waals surface area contributed by atoms with Gasteiger partial charge in [-0.15, -0.1) is 0 Å². The van der Waals surface area contributed by atoms with E-state index in [4.69, 9.17) is 11.6 Å². The van der Waals surface area contributed by atoms with Crippen molar-refractivity contribution in [1.82, 2.24) is 5.32 Å². The molecule has 7 heteroatoms. The summed E-state index contributed by atoms with van der Waals surface area (Å²) in [5, 5.41) is 6.15. The second-order valence-corrected chi connectivity index (χ2v) is 10.9. The number of para-hydroxylation sites is 1. The lowest BCUT2D eigenvalue weighted by Gasteiger charge is -2.30. The molecule has 3 aliphatic heterocycles. The van der Waals surface area contributed by atoms with Gasteiger partial charge in [0.05, 0.1) is 24.1 Å². The number of halogens is 1. The summed E-state index contributed by atoms with van der Waals surface area (Å²) in [7, 11) is 0. The van der Waals surface area contributed by atoms with Crippen molar-refractivity contribution in [2.24, 2.45) is 11.8 Å². The first-order valence-corrected chi connectivity index (χ1v) is 13.6. The number of carbonyl (C=O) groups is 3. The number of nitrogens with one attached hydrogen (secondary N) is 1. The molecule has 3 aliphatic rings. The minimum absolute atomic E-state index is 0.198. The Balaban J connectivity index is 1.36. The highest BCUT2D eigenvalue weighted by atomic mass is 35.5. The molecule has 0 unspecified atom stereocenters. The molecule has 0 radical (unpaired) electrons. The molecule has 1 N–H and O–H groups in total. The van der Waals surface area contributed by atoms with Crippen molar-refractivity contribution in [3.63, 3.8) is 0 Å². The van der Waals surface area contributed by atoms with Crippen LogP contribution in [0.15, 0.2) is 91.0 Å². The zero-order chi connectivity index (χ0) is 26.9. The van der Waals surface area contributed by atoms with Crippen molar-refractivity contribution >= 4 is 51.5 Å². The molecule has 4 aromatic rings. The molecule has 39 heavy (non-hydrogen) atoms. The predicted molar refractivity (Wildman–Crippen MR) is 151 cm³/mol. The first-order chi connectivity index (χ1) is 19.0. The average Bonchev–Trinajstić information content (AvgIpc) is 3.52. The standard InChI is InChI=1S/C32H26ClN3O3/c1-2-25-27-28(30(38)36(29(27)37)22-13-8-12-21(33)17-22)32(34-25)24-15-5-6-16-26(24)35(31(32)39)18-20-11-7-10-19-9-3-4-14-23(19)20/h3-17,25,27-28,34H,2,18H2,1H3/t25-,27+,28-,32-/m0/s1. The second kappa shape index (κ2) is 8.76. The molecular formula is C32H26ClN3O3. The zero-order valence-electron chi connectivity index (χ0n) is 21.3. The number of nitrogens with zero attached hydrogens (tertiary/aromatic N) is 2. The van der Waals surface area contributed by atoms with E-state index in [0.29, 0.717) is 23.7 Å². The lowest BCUT2D eigenvalue weighted by atomic mass is 9.76. The van der Waals surface area contributed by atoms with Gasteiger partial charge in [0, 0.05) is 22.3 Å². The smallest absolute Gasteiger partial charge is 0.253 e. The lowest BCUT2D eigenvalue weighted by molar-refractivity contribution is -0.132. The molecule has 7 rings (SSSR count). The van der Waals surface area contributed by atoms with Crippen LogP contribution in [0.3, 0.4) is 0 Å². The molecular weight excluding hydrogens is 510 g/mol. The maximum Gasteiger partial charge on any atom is 0.253 e. The number of hydrogen-bond donors (Lipinski definition) is 1. The molecule has 4 atom stereocenters. The van der Waals surface area contributed by atoms with Crippen LogP contribution < -0.4 is 15.1 Å². The number of carbonyl (C=O) groups excluding carboxylic acids is 3. The van der Waals surface area contributed by atoms with Crippen molar-refractivity contribution in [2.75, 3.05) is 9.80 Å². The van der Waals surface area contributed by atoms with E-state index in [9.17, 15) is 14.4 Å². The van der Waals surface area contributed by atoms with Crippen LogP contribution in [0.25, 0.3) is 10.8 Å². The molecule has 3 heterocycles. The number of benzene rings is 4. The molecule has 0 bridgehead atoms. The summed E-state index contributed by atoms with van der Waals surface area (Å²) in [4.78, 5) is 45.7. The van der Waals surface area contributed by atoms with Gasteiger partial charge in [0.2, 0.25) is 11.8 Å². The Labute approximate surface area is 231 Å². The number of rotatable bonds is 4. The number of amides is 3. The first-order valence-electron chi connectivity index (χ1n) is 13.2. The minimum Gasteiger partial charge on any atom is -0.306 e. The molecule has 6 nitrogen and oxygen atoms in total. The van der Waals surface area contributed by atoms with Crippen molar-refractivity contribution in [2.45, 2.75) is 31.5 Å². The van der Waals surface area contributed by atoms with Crippen LogP contribution >= 0.6 is 11.6 Å². The van der Waals surface area contributed by atoms with Crippen LogP contribution in [0.5, 0.6) is 0 Å². The third-order valence-corrected chi connectivity index (χ3v) is 8.82. The van der Waals surface area contributed by atoms with Gasteiger partial charge in [-0.2, -0.15) is 0 Å². The van der Waals surface area contributed by atoms with E-state index < -0.39 is 17.4 Å². The van der Waals surface area contributed by atoms with E-state index in [-0.39, 0.29) is 23.8 Å². The highest BCUT2D eigenvalue weighted by Gasteiger charge is 2.71. The fourth-order valence-electron chi connectivity index (χ4n) is 6.93. The summed E-state index contributed by atoms with van der Waals surface area (Å²) in [6.45, 7) is 2.34. The van der Waals surface area contributed by atoms with Gasteiger partial charge >= 0.3 is 0 Å². The highest BCUT2D eigenvalue weighted by molar-refractivity contribution is 6.31. The van der Waals surface area contributed by atoms with Crippen LogP contribution in [0, 0.1) is 11.8 Å². The van der Waals surface area contributed by atoms with Gasteiger partial charge in [0.25, 0.3) is 5.91 Å². The van der Waals surface area contributed by atoms with Gasteiger partial charge < -0.3 is 4.90 Å². The Morgan fingerprint density at radius 1 is 0.872 bits per heavy atom. The van der Waals surface area contributed by atoms with Gasteiger partial charge in [0.15, 0.2) is 0 Å². The maximum atomic E-state index is 14.6. The minimum atomic E-state index is -1.33. The second-order valence-electron chi connectivity index (χ2n) is 10.5. The molecule has 2 fully saturated rings. The summed E-state index contributed by atoms with van der Waals surface area (Å²) in [5.74, 6) is -2.38. The van der Waals surface area contributed by atoms with Crippen LogP contribution in [0.2, 0.25) is 5.02 Å². The SMILES string of the molecule is CC[C@@H]1N[C@]2(C(=O)N(Cc3cccc4ccccc34)c3ccccc32)[C@@H]2C(=O)N(c3cccc(Cl)c3)C(=O)[C@H]12. The monoisotopic (exact) mass is 535 g/mol. The van der Waals surface area contributed by atoms with Gasteiger partial charge in [0.1, 0.15) is 5.54 Å². The fraction of sp³-hybridized carbons (Fsp3) is 0.219. The molecule has 0 saturated carbocycles. The molecule has 1 spiro atoms. The van der Waals surface area contributed by atoms with Gasteiger partial charge in [-0.25, -0.2) is 4.90 Å². The fourth-order valence-corrected chi connectivity index (χ4v) is 7.11. The Bertz CT molecular complexity index is 1680. The molecule has 0 aromatic heterocycles. The van der Waals surface area contributed by atoms with Gasteiger partial charge in [-0.1, -0.05) is 85.3 Å². The number of anilines is 2. The van der Waals surface area contributed by atoms with Gasteiger partial charge in [-0.3, -0.25) is 19.7 Å². The number of hydrogen-bond acceptors (Lipinski definition) is 4. The maximum absolute atomic E-state index is 14.6. The third kappa shape index (κ3) is 3.28. The van der Waals surface area contributed by atoms with Crippen LogP contribution in [-0.4, -0.2) is 23.8 Å². The normalized spacial score (nSPS) is 25.7. The molecule has 194 valence electrons. The van der Waals surface area contributed by atoms with E-state index >= 15 is 0 Å². The van der Waals surface area contributed by atoms with E-state index in [1.807, 2.05) is 55.5 Å². The largest absolute Gasteiger partial charge is 0.306 e. The third-order valence-electron chi connectivity index (χ3n) is 8.58. The number of fused-ring (bicyclic) bond motifs is 5. The molecule has 4 aromatic carbocycles. The predicted octanol–water partition coefficient (Wildman–Crippen LogP) is 5.42. The van der Waals surface area contributed by atoms with E-state index in [1.165, 1.54) is 4.90 Å². The lowest BCUT2D eigenvalue weighted by Crippen LogP contribution is -2.55. The Hall–Kier alpha value is -4.00. The molecule has 3 amide bonds. The van der Waals surface area contributed by atoms with E-state index in [2.05, 4.69) is 23.5 Å². The summed E-state index contributed by atoms with van der Waals surface area (Å²) in [6.07, 6.45) is 0.601. The zero-order valence-corrected chi connectivity index (χ0v) is 22.1. The summed E-state index contributed by atoms with van der Waals surface area (Å²) >= 11 is 6.22. The quantitative estimate of drug-likeness (QED) is 0.354. The average molecular weight is 536 g/mol. The first kappa shape index (κ1) is 24.1. The molecule has 0 aliphatic carbocycles. The van der Waals surface area contributed by atoms with Crippen LogP contribution in [0.1, 0.15) is 24.5 Å². The van der Waals surface area contributed by atoms with Crippen molar-refractivity contribution in [3.05, 3.63) is 107 Å².